The number of pyridine rings is 1. The first-order chi connectivity index (χ1) is 12.8. The van der Waals surface area contributed by atoms with Crippen LogP contribution >= 0.6 is 0 Å². The lowest BCUT2D eigenvalue weighted by molar-refractivity contribution is -0.00982. The van der Waals surface area contributed by atoms with Gasteiger partial charge >= 0.3 is 0 Å². The molecule has 138 valence electrons. The zero-order valence-corrected chi connectivity index (χ0v) is 15.2. The van der Waals surface area contributed by atoms with Crippen LogP contribution in [0.1, 0.15) is 74.6 Å². The molecule has 2 aromatic rings. The van der Waals surface area contributed by atoms with Gasteiger partial charge in [-0.25, -0.2) is 9.97 Å². The van der Waals surface area contributed by atoms with Crippen molar-refractivity contribution in [2.45, 2.75) is 75.4 Å². The van der Waals surface area contributed by atoms with Crippen molar-refractivity contribution in [2.75, 3.05) is 6.61 Å². The SMILES string of the molecule is c1cc2nc(c1)C1CCC(CC1)OCC1(CCCC1)c1nc(co1)CO2. The minimum absolute atomic E-state index is 0.0505. The summed E-state index contributed by atoms with van der Waals surface area (Å²) in [7, 11) is 0. The molecule has 5 nitrogen and oxygen atoms in total. The Balaban J connectivity index is 1.47. The van der Waals surface area contributed by atoms with Crippen molar-refractivity contribution in [2.24, 2.45) is 0 Å². The summed E-state index contributed by atoms with van der Waals surface area (Å²) >= 11 is 0. The van der Waals surface area contributed by atoms with Crippen LogP contribution < -0.4 is 4.74 Å². The van der Waals surface area contributed by atoms with E-state index in [1.807, 2.05) is 12.1 Å². The molecular formula is C21H26N2O3. The summed E-state index contributed by atoms with van der Waals surface area (Å²) in [4.78, 5) is 9.49. The highest BCUT2D eigenvalue weighted by atomic mass is 16.5. The Morgan fingerprint density at radius 1 is 1.00 bits per heavy atom. The van der Waals surface area contributed by atoms with E-state index in [-0.39, 0.29) is 5.41 Å². The average molecular weight is 354 g/mol. The molecule has 6 bridgehead atoms. The quantitative estimate of drug-likeness (QED) is 0.696. The van der Waals surface area contributed by atoms with Crippen LogP contribution in [0.4, 0.5) is 0 Å². The Morgan fingerprint density at radius 2 is 1.85 bits per heavy atom. The standard InChI is InChI=1S/C21H26N2O3/c1-2-11-21(10-1)14-26-17-8-6-15(7-9-17)18-4-3-5-19(23-18)24-12-16-13-25-20(21)22-16/h3-5,13,15,17H,1-2,6-12,14H2. The van der Waals surface area contributed by atoms with Gasteiger partial charge in [-0.05, 0) is 44.6 Å². The van der Waals surface area contributed by atoms with Crippen molar-refractivity contribution in [1.82, 2.24) is 9.97 Å². The van der Waals surface area contributed by atoms with Crippen LogP contribution in [0.5, 0.6) is 5.88 Å². The maximum atomic E-state index is 6.41. The maximum Gasteiger partial charge on any atom is 0.213 e. The van der Waals surface area contributed by atoms with Gasteiger partial charge in [0.15, 0.2) is 0 Å². The second-order valence-corrected chi connectivity index (χ2v) is 8.11. The highest BCUT2D eigenvalue weighted by Gasteiger charge is 2.41. The molecule has 26 heavy (non-hydrogen) atoms. The fraction of sp³-hybridized carbons (Fsp3) is 0.619. The molecule has 2 saturated carbocycles. The zero-order chi connectivity index (χ0) is 17.4. The van der Waals surface area contributed by atoms with Gasteiger partial charge in [0.05, 0.1) is 18.1 Å². The molecule has 4 aliphatic rings. The number of ether oxygens (including phenoxy) is 2. The third-order valence-corrected chi connectivity index (χ3v) is 6.37. The Labute approximate surface area is 154 Å². The first-order valence-corrected chi connectivity index (χ1v) is 9.97. The van der Waals surface area contributed by atoms with Crippen molar-refractivity contribution < 1.29 is 13.9 Å². The second kappa shape index (κ2) is 6.69. The van der Waals surface area contributed by atoms with Crippen LogP contribution in [0.15, 0.2) is 28.9 Å². The van der Waals surface area contributed by atoms with E-state index in [0.29, 0.717) is 24.5 Å². The fourth-order valence-corrected chi connectivity index (χ4v) is 4.78. The number of hydrogen-bond acceptors (Lipinski definition) is 5. The van der Waals surface area contributed by atoms with Crippen LogP contribution in [-0.2, 0) is 16.8 Å². The molecular weight excluding hydrogens is 328 g/mol. The molecule has 1 spiro atoms. The first kappa shape index (κ1) is 16.3. The lowest BCUT2D eigenvalue weighted by Crippen LogP contribution is -2.33. The number of nitrogens with zero attached hydrogens (tertiary/aromatic N) is 2. The van der Waals surface area contributed by atoms with Crippen molar-refractivity contribution >= 4 is 0 Å². The van der Waals surface area contributed by atoms with Crippen LogP contribution in [0.3, 0.4) is 0 Å². The predicted molar refractivity (Wildman–Crippen MR) is 96.2 cm³/mol. The molecule has 6 rings (SSSR count). The third kappa shape index (κ3) is 3.02. The molecule has 0 atom stereocenters. The van der Waals surface area contributed by atoms with E-state index >= 15 is 0 Å². The Morgan fingerprint density at radius 3 is 2.69 bits per heavy atom. The Bertz CT molecular complexity index is 758. The lowest BCUT2D eigenvalue weighted by atomic mass is 9.84. The summed E-state index contributed by atoms with van der Waals surface area (Å²) in [6, 6.07) is 6.09. The molecule has 4 heterocycles. The predicted octanol–water partition coefficient (Wildman–Crippen LogP) is 4.52. The summed E-state index contributed by atoms with van der Waals surface area (Å²) in [5, 5.41) is 0. The lowest BCUT2D eigenvalue weighted by Gasteiger charge is -2.32. The number of aromatic nitrogens is 2. The van der Waals surface area contributed by atoms with Crippen LogP contribution in [0.25, 0.3) is 0 Å². The fourth-order valence-electron chi connectivity index (χ4n) is 4.78. The van der Waals surface area contributed by atoms with Gasteiger partial charge < -0.3 is 13.9 Å². The van der Waals surface area contributed by atoms with Crippen molar-refractivity contribution in [3.63, 3.8) is 0 Å². The maximum absolute atomic E-state index is 6.41. The van der Waals surface area contributed by atoms with Gasteiger partial charge in [0.1, 0.15) is 18.6 Å². The third-order valence-electron chi connectivity index (χ3n) is 6.37. The largest absolute Gasteiger partial charge is 0.471 e. The summed E-state index contributed by atoms with van der Waals surface area (Å²) in [6.45, 7) is 1.12. The molecule has 0 radical (unpaired) electrons. The molecule has 0 unspecified atom stereocenters. The van der Waals surface area contributed by atoms with Gasteiger partial charge in [0.2, 0.25) is 11.8 Å². The van der Waals surface area contributed by atoms with Gasteiger partial charge in [-0.2, -0.15) is 0 Å². The van der Waals surface area contributed by atoms with E-state index in [0.717, 1.165) is 62.4 Å². The molecule has 0 saturated heterocycles. The van der Waals surface area contributed by atoms with Gasteiger partial charge in [-0.1, -0.05) is 18.9 Å². The van der Waals surface area contributed by atoms with E-state index in [4.69, 9.17) is 23.9 Å². The van der Waals surface area contributed by atoms with Gasteiger partial charge in [0, 0.05) is 17.7 Å². The summed E-state index contributed by atoms with van der Waals surface area (Å²) in [5.74, 6) is 2.02. The monoisotopic (exact) mass is 354 g/mol. The molecule has 2 aromatic heterocycles. The number of hydrogen-bond donors (Lipinski definition) is 0. The first-order valence-electron chi connectivity index (χ1n) is 9.97. The van der Waals surface area contributed by atoms with Crippen LogP contribution in [0, 0.1) is 0 Å². The second-order valence-electron chi connectivity index (χ2n) is 8.11. The van der Waals surface area contributed by atoms with Gasteiger partial charge in [-0.15, -0.1) is 0 Å². The van der Waals surface area contributed by atoms with E-state index in [9.17, 15) is 0 Å². The molecule has 0 amide bonds. The van der Waals surface area contributed by atoms with Gasteiger partial charge in [0.25, 0.3) is 0 Å². The normalized spacial score (nSPS) is 27.7. The molecule has 0 aromatic carbocycles. The van der Waals surface area contributed by atoms with E-state index < -0.39 is 0 Å². The molecule has 2 aliphatic heterocycles. The number of oxazole rings is 1. The molecule has 2 fully saturated rings. The van der Waals surface area contributed by atoms with Gasteiger partial charge in [-0.3, -0.25) is 0 Å². The number of rotatable bonds is 0. The smallest absolute Gasteiger partial charge is 0.213 e. The minimum atomic E-state index is -0.0505. The highest BCUT2D eigenvalue weighted by molar-refractivity contribution is 5.20. The zero-order valence-electron chi connectivity index (χ0n) is 15.2. The Kier molecular flexibility index (Phi) is 4.20. The van der Waals surface area contributed by atoms with Crippen LogP contribution in [-0.4, -0.2) is 22.7 Å². The average Bonchev–Trinajstić information content (AvgIpc) is 3.35. The van der Waals surface area contributed by atoms with E-state index in [2.05, 4.69) is 6.07 Å². The van der Waals surface area contributed by atoms with E-state index in [1.54, 1.807) is 6.26 Å². The van der Waals surface area contributed by atoms with E-state index in [1.165, 1.54) is 12.8 Å². The van der Waals surface area contributed by atoms with Crippen molar-refractivity contribution in [3.8, 4) is 5.88 Å². The topological polar surface area (TPSA) is 57.4 Å². The minimum Gasteiger partial charge on any atom is -0.471 e. The molecule has 5 heteroatoms. The number of fused-ring (bicyclic) bond motifs is 4. The summed E-state index contributed by atoms with van der Waals surface area (Å²) < 4.78 is 18.2. The van der Waals surface area contributed by atoms with Crippen LogP contribution in [0.2, 0.25) is 0 Å². The Hall–Kier alpha value is -1.88. The highest BCUT2D eigenvalue weighted by Crippen LogP contribution is 2.42. The van der Waals surface area contributed by atoms with Crippen molar-refractivity contribution in [3.05, 3.63) is 41.7 Å². The molecule has 2 aliphatic carbocycles. The van der Waals surface area contributed by atoms with Crippen molar-refractivity contribution in [1.29, 1.82) is 0 Å². The molecule has 0 N–H and O–H groups in total. The summed E-state index contributed by atoms with van der Waals surface area (Å²) in [5.41, 5.74) is 1.92. The summed E-state index contributed by atoms with van der Waals surface area (Å²) in [6.07, 6.45) is 11.2.